The summed E-state index contributed by atoms with van der Waals surface area (Å²) in [5.74, 6) is -0.318. The van der Waals surface area contributed by atoms with Crippen molar-refractivity contribution in [2.24, 2.45) is 0 Å². The minimum atomic E-state index is -0.202. The lowest BCUT2D eigenvalue weighted by Gasteiger charge is -2.21. The van der Waals surface area contributed by atoms with Crippen LogP contribution in [0.1, 0.15) is 41.6 Å². The molecule has 0 bridgehead atoms. The van der Waals surface area contributed by atoms with E-state index < -0.39 is 0 Å². The van der Waals surface area contributed by atoms with Gasteiger partial charge in [-0.25, -0.2) is 4.98 Å². The number of pyridine rings is 1. The third kappa shape index (κ3) is 5.95. The molecule has 7 heteroatoms. The van der Waals surface area contributed by atoms with E-state index in [4.69, 9.17) is 0 Å². The minimum absolute atomic E-state index is 0.116. The highest BCUT2D eigenvalue weighted by Gasteiger charge is 2.17. The van der Waals surface area contributed by atoms with Gasteiger partial charge in [-0.2, -0.15) is 0 Å². The molecule has 7 nitrogen and oxygen atoms in total. The molecular formula is C18H23N5O2. The Labute approximate surface area is 147 Å². The van der Waals surface area contributed by atoms with Gasteiger partial charge in [-0.05, 0) is 25.5 Å². The fraction of sp³-hybridized carbons (Fsp3) is 0.389. The molecule has 0 saturated heterocycles. The monoisotopic (exact) mass is 341 g/mol. The molecule has 0 radical (unpaired) electrons. The molecule has 0 aliphatic rings. The number of rotatable bonds is 8. The Morgan fingerprint density at radius 2 is 1.96 bits per heavy atom. The van der Waals surface area contributed by atoms with Crippen molar-refractivity contribution in [1.29, 1.82) is 0 Å². The van der Waals surface area contributed by atoms with Crippen LogP contribution >= 0.6 is 0 Å². The van der Waals surface area contributed by atoms with E-state index in [9.17, 15) is 9.59 Å². The SMILES string of the molecule is CCCN(CCC(=O)NCc1ccccn1)C(=O)c1cnc(C)cn1. The molecule has 25 heavy (non-hydrogen) atoms. The van der Waals surface area contributed by atoms with E-state index in [1.54, 1.807) is 17.3 Å². The highest BCUT2D eigenvalue weighted by atomic mass is 16.2. The van der Waals surface area contributed by atoms with E-state index in [0.717, 1.165) is 17.8 Å². The van der Waals surface area contributed by atoms with Gasteiger partial charge in [0.1, 0.15) is 5.69 Å². The quantitative estimate of drug-likeness (QED) is 0.790. The molecule has 2 amide bonds. The molecule has 0 unspecified atom stereocenters. The van der Waals surface area contributed by atoms with Crippen LogP contribution in [0.4, 0.5) is 0 Å². The fourth-order valence-corrected chi connectivity index (χ4v) is 2.27. The second-order valence-corrected chi connectivity index (χ2v) is 5.68. The maximum Gasteiger partial charge on any atom is 0.274 e. The van der Waals surface area contributed by atoms with Crippen LogP contribution in [-0.4, -0.2) is 44.8 Å². The molecular weight excluding hydrogens is 318 g/mol. The summed E-state index contributed by atoms with van der Waals surface area (Å²) in [6.07, 6.45) is 5.77. The van der Waals surface area contributed by atoms with E-state index in [1.165, 1.54) is 6.20 Å². The van der Waals surface area contributed by atoms with E-state index in [0.29, 0.717) is 25.3 Å². The Morgan fingerprint density at radius 3 is 2.60 bits per heavy atom. The number of nitrogens with one attached hydrogen (secondary N) is 1. The van der Waals surface area contributed by atoms with E-state index in [1.807, 2.05) is 32.0 Å². The fourth-order valence-electron chi connectivity index (χ4n) is 2.27. The maximum absolute atomic E-state index is 12.5. The average molecular weight is 341 g/mol. The van der Waals surface area contributed by atoms with Gasteiger partial charge in [0, 0.05) is 31.9 Å². The zero-order valence-corrected chi connectivity index (χ0v) is 14.6. The van der Waals surface area contributed by atoms with Crippen LogP contribution in [-0.2, 0) is 11.3 Å². The molecule has 0 atom stereocenters. The predicted octanol–water partition coefficient (Wildman–Crippen LogP) is 1.74. The Balaban J connectivity index is 1.86. The number of amides is 2. The zero-order valence-electron chi connectivity index (χ0n) is 14.6. The summed E-state index contributed by atoms with van der Waals surface area (Å²) < 4.78 is 0. The van der Waals surface area contributed by atoms with E-state index in [2.05, 4.69) is 20.3 Å². The highest BCUT2D eigenvalue weighted by molar-refractivity contribution is 5.92. The number of carbonyl (C=O) groups excluding carboxylic acids is 2. The van der Waals surface area contributed by atoms with Crippen LogP contribution in [0, 0.1) is 6.92 Å². The number of hydrogen-bond donors (Lipinski definition) is 1. The van der Waals surface area contributed by atoms with Gasteiger partial charge in [0.05, 0.1) is 24.1 Å². The molecule has 2 heterocycles. The summed E-state index contributed by atoms with van der Waals surface area (Å²) >= 11 is 0. The summed E-state index contributed by atoms with van der Waals surface area (Å²) in [5, 5.41) is 2.82. The predicted molar refractivity (Wildman–Crippen MR) is 93.7 cm³/mol. The molecule has 0 saturated carbocycles. The van der Waals surface area contributed by atoms with E-state index >= 15 is 0 Å². The normalized spacial score (nSPS) is 10.3. The topological polar surface area (TPSA) is 88.1 Å². The largest absolute Gasteiger partial charge is 0.350 e. The van der Waals surface area contributed by atoms with Crippen molar-refractivity contribution in [2.75, 3.05) is 13.1 Å². The van der Waals surface area contributed by atoms with Gasteiger partial charge in [0.25, 0.3) is 5.91 Å². The average Bonchev–Trinajstić information content (AvgIpc) is 2.64. The smallest absolute Gasteiger partial charge is 0.274 e. The summed E-state index contributed by atoms with van der Waals surface area (Å²) in [6.45, 7) is 5.10. The number of hydrogen-bond acceptors (Lipinski definition) is 5. The molecule has 2 aromatic heterocycles. The third-order valence-corrected chi connectivity index (χ3v) is 3.58. The van der Waals surface area contributed by atoms with Gasteiger partial charge in [-0.1, -0.05) is 13.0 Å². The Kier molecular flexibility index (Phi) is 7.00. The van der Waals surface area contributed by atoms with Gasteiger partial charge < -0.3 is 10.2 Å². The summed E-state index contributed by atoms with van der Waals surface area (Å²) in [7, 11) is 0. The minimum Gasteiger partial charge on any atom is -0.350 e. The van der Waals surface area contributed by atoms with Crippen LogP contribution in [0.2, 0.25) is 0 Å². The number of carbonyl (C=O) groups is 2. The second kappa shape index (κ2) is 9.46. The van der Waals surface area contributed by atoms with Crippen molar-refractivity contribution in [3.63, 3.8) is 0 Å². The number of nitrogens with zero attached hydrogens (tertiary/aromatic N) is 4. The first-order valence-corrected chi connectivity index (χ1v) is 8.34. The lowest BCUT2D eigenvalue weighted by Crippen LogP contribution is -2.36. The summed E-state index contributed by atoms with van der Waals surface area (Å²) in [6, 6.07) is 5.55. The van der Waals surface area contributed by atoms with Crippen LogP contribution in [0.15, 0.2) is 36.8 Å². The van der Waals surface area contributed by atoms with Crippen LogP contribution < -0.4 is 5.32 Å². The first-order chi connectivity index (χ1) is 12.1. The molecule has 2 aromatic rings. The van der Waals surface area contributed by atoms with Crippen molar-refractivity contribution in [1.82, 2.24) is 25.2 Å². The first kappa shape index (κ1) is 18.5. The molecule has 0 fully saturated rings. The van der Waals surface area contributed by atoms with E-state index in [-0.39, 0.29) is 18.2 Å². The molecule has 2 rings (SSSR count). The zero-order chi connectivity index (χ0) is 18.1. The standard InChI is InChI=1S/C18H23N5O2/c1-3-9-23(18(25)16-13-20-14(2)11-21-16)10-7-17(24)22-12-15-6-4-5-8-19-15/h4-6,8,11,13H,3,7,9-10,12H2,1-2H3,(H,22,24). The molecule has 0 aromatic carbocycles. The molecule has 0 aliphatic carbocycles. The van der Waals surface area contributed by atoms with Crippen molar-refractivity contribution in [3.05, 3.63) is 53.9 Å². The number of aromatic nitrogens is 3. The molecule has 1 N–H and O–H groups in total. The Morgan fingerprint density at radius 1 is 1.12 bits per heavy atom. The molecule has 132 valence electrons. The van der Waals surface area contributed by atoms with Gasteiger partial charge >= 0.3 is 0 Å². The lowest BCUT2D eigenvalue weighted by atomic mass is 10.2. The maximum atomic E-state index is 12.5. The van der Waals surface area contributed by atoms with Crippen molar-refractivity contribution < 1.29 is 9.59 Å². The van der Waals surface area contributed by atoms with Gasteiger partial charge in [-0.15, -0.1) is 0 Å². The first-order valence-electron chi connectivity index (χ1n) is 8.34. The van der Waals surface area contributed by atoms with Crippen LogP contribution in [0.5, 0.6) is 0 Å². The van der Waals surface area contributed by atoms with Gasteiger partial charge in [0.2, 0.25) is 5.91 Å². The lowest BCUT2D eigenvalue weighted by molar-refractivity contribution is -0.121. The Bertz CT molecular complexity index is 688. The van der Waals surface area contributed by atoms with Crippen molar-refractivity contribution in [3.8, 4) is 0 Å². The van der Waals surface area contributed by atoms with Crippen molar-refractivity contribution >= 4 is 11.8 Å². The van der Waals surface area contributed by atoms with Crippen molar-refractivity contribution in [2.45, 2.75) is 33.2 Å². The third-order valence-electron chi connectivity index (χ3n) is 3.58. The van der Waals surface area contributed by atoms with Gasteiger partial charge in [0.15, 0.2) is 0 Å². The highest BCUT2D eigenvalue weighted by Crippen LogP contribution is 2.04. The van der Waals surface area contributed by atoms with Crippen LogP contribution in [0.25, 0.3) is 0 Å². The number of aryl methyl sites for hydroxylation is 1. The van der Waals surface area contributed by atoms with Gasteiger partial charge in [-0.3, -0.25) is 19.6 Å². The molecule has 0 aliphatic heterocycles. The summed E-state index contributed by atoms with van der Waals surface area (Å²) in [4.78, 5) is 38.6. The summed E-state index contributed by atoms with van der Waals surface area (Å²) in [5.41, 5.74) is 1.85. The molecule has 0 spiro atoms. The Hall–Kier alpha value is -2.83. The van der Waals surface area contributed by atoms with Crippen LogP contribution in [0.3, 0.4) is 0 Å². The second-order valence-electron chi connectivity index (χ2n) is 5.68.